The highest BCUT2D eigenvalue weighted by atomic mass is 19.1. The van der Waals surface area contributed by atoms with Crippen molar-refractivity contribution < 1.29 is 28.6 Å². The fraction of sp³-hybridized carbons (Fsp3) is 0.444. The normalized spacial score (nSPS) is 17.5. The van der Waals surface area contributed by atoms with E-state index in [2.05, 4.69) is 5.32 Å². The number of halogens is 1. The van der Waals surface area contributed by atoms with Gasteiger partial charge in [-0.15, -0.1) is 0 Å². The number of aliphatic hydroxyl groups excluding tert-OH is 1. The molecule has 2 heterocycles. The van der Waals surface area contributed by atoms with Gasteiger partial charge in [0.25, 0.3) is 5.91 Å². The number of rotatable bonds is 6. The van der Waals surface area contributed by atoms with E-state index in [1.165, 1.54) is 18.1 Å². The number of amides is 1. The quantitative estimate of drug-likeness (QED) is 0.689. The molecule has 0 aromatic heterocycles. The summed E-state index contributed by atoms with van der Waals surface area (Å²) in [5, 5.41) is 11.9. The molecule has 0 atom stereocenters. The van der Waals surface area contributed by atoms with Crippen molar-refractivity contribution in [2.75, 3.05) is 63.3 Å². The summed E-state index contributed by atoms with van der Waals surface area (Å²) in [6, 6.07) is 4.57. The Balaban J connectivity index is 1.82. The van der Waals surface area contributed by atoms with Gasteiger partial charge in [-0.2, -0.15) is 0 Å². The fourth-order valence-corrected chi connectivity index (χ4v) is 3.14. The highest BCUT2D eigenvalue weighted by molar-refractivity contribution is 6.08. The van der Waals surface area contributed by atoms with Crippen LogP contribution in [0, 0.1) is 5.82 Å². The summed E-state index contributed by atoms with van der Waals surface area (Å²) in [6.45, 7) is 2.20. The van der Waals surface area contributed by atoms with Crippen LogP contribution < -0.4 is 10.2 Å². The van der Waals surface area contributed by atoms with Gasteiger partial charge in [0.1, 0.15) is 11.5 Å². The van der Waals surface area contributed by atoms with Crippen LogP contribution in [0.3, 0.4) is 0 Å². The second kappa shape index (κ2) is 8.36. The van der Waals surface area contributed by atoms with Crippen LogP contribution in [0.1, 0.15) is 0 Å². The molecule has 1 amide bonds. The smallest absolute Gasteiger partial charge is 0.337 e. The number of anilines is 2. The molecule has 27 heavy (non-hydrogen) atoms. The van der Waals surface area contributed by atoms with Crippen LogP contribution in [0.25, 0.3) is 0 Å². The van der Waals surface area contributed by atoms with Gasteiger partial charge in [-0.05, 0) is 18.2 Å². The van der Waals surface area contributed by atoms with Crippen molar-refractivity contribution in [3.8, 4) is 0 Å². The van der Waals surface area contributed by atoms with Gasteiger partial charge in [0.2, 0.25) is 0 Å². The average Bonchev–Trinajstić information content (AvgIpc) is 2.98. The van der Waals surface area contributed by atoms with Gasteiger partial charge in [0, 0.05) is 25.3 Å². The van der Waals surface area contributed by atoms with Crippen molar-refractivity contribution >= 4 is 23.3 Å². The first-order valence-corrected chi connectivity index (χ1v) is 8.66. The first-order valence-electron chi connectivity index (χ1n) is 8.66. The van der Waals surface area contributed by atoms with E-state index in [1.807, 2.05) is 4.90 Å². The number of carbonyl (C=O) groups excluding carboxylic acids is 2. The predicted octanol–water partition coefficient (Wildman–Crippen LogP) is 0.336. The molecule has 1 saturated heterocycles. The Kier molecular flexibility index (Phi) is 5.92. The molecule has 1 fully saturated rings. The lowest BCUT2D eigenvalue weighted by Crippen LogP contribution is -2.36. The molecule has 0 unspecified atom stereocenters. The standard InChI is InChI=1S/C18H22FN3O5/c1-26-18(25)13-11-22(4-7-23)17(24)16(13)20-12-2-3-15(14(19)10-12)21-5-8-27-9-6-21/h2-3,10,20,23H,4-9,11H2,1H3. The number of nitrogens with zero attached hydrogens (tertiary/aromatic N) is 2. The maximum Gasteiger partial charge on any atom is 0.337 e. The SMILES string of the molecule is COC(=O)C1=C(Nc2ccc(N3CCOCC3)c(F)c2)C(=O)N(CCO)C1. The maximum absolute atomic E-state index is 14.6. The summed E-state index contributed by atoms with van der Waals surface area (Å²) in [7, 11) is 1.23. The number of hydrogen-bond acceptors (Lipinski definition) is 7. The van der Waals surface area contributed by atoms with E-state index in [0.29, 0.717) is 37.7 Å². The Morgan fingerprint density at radius 1 is 1.37 bits per heavy atom. The number of methoxy groups -OCH3 is 1. The average molecular weight is 379 g/mol. The lowest BCUT2D eigenvalue weighted by atomic mass is 10.2. The van der Waals surface area contributed by atoms with E-state index in [4.69, 9.17) is 14.6 Å². The van der Waals surface area contributed by atoms with Crippen molar-refractivity contribution in [2.24, 2.45) is 0 Å². The van der Waals surface area contributed by atoms with Gasteiger partial charge < -0.3 is 29.7 Å². The zero-order chi connectivity index (χ0) is 19.4. The van der Waals surface area contributed by atoms with Gasteiger partial charge in [-0.3, -0.25) is 4.79 Å². The van der Waals surface area contributed by atoms with Crippen LogP contribution in [0.5, 0.6) is 0 Å². The molecule has 2 N–H and O–H groups in total. The van der Waals surface area contributed by atoms with Crippen LogP contribution in [0.4, 0.5) is 15.8 Å². The second-order valence-corrected chi connectivity index (χ2v) is 6.19. The molecule has 2 aliphatic heterocycles. The minimum Gasteiger partial charge on any atom is -0.466 e. The molecular weight excluding hydrogens is 357 g/mol. The molecule has 0 bridgehead atoms. The highest BCUT2D eigenvalue weighted by Gasteiger charge is 2.34. The number of β-amino-alcohol motifs (C(OH)–C–C–N with tert-alkyl or cyclic N) is 1. The number of nitrogens with one attached hydrogen (secondary N) is 1. The van der Waals surface area contributed by atoms with Gasteiger partial charge in [0.15, 0.2) is 0 Å². The monoisotopic (exact) mass is 379 g/mol. The molecule has 0 saturated carbocycles. The van der Waals surface area contributed by atoms with E-state index < -0.39 is 17.7 Å². The van der Waals surface area contributed by atoms with Crippen molar-refractivity contribution in [3.05, 3.63) is 35.3 Å². The van der Waals surface area contributed by atoms with E-state index in [9.17, 15) is 14.0 Å². The summed E-state index contributed by atoms with van der Waals surface area (Å²) < 4.78 is 24.6. The lowest BCUT2D eigenvalue weighted by Gasteiger charge is -2.29. The Hall–Kier alpha value is -2.65. The minimum atomic E-state index is -0.642. The molecule has 1 aromatic rings. The number of carbonyl (C=O) groups is 2. The lowest BCUT2D eigenvalue weighted by molar-refractivity contribution is -0.136. The number of benzene rings is 1. The number of morpholine rings is 1. The van der Waals surface area contributed by atoms with E-state index in [0.717, 1.165) is 0 Å². The van der Waals surface area contributed by atoms with Crippen molar-refractivity contribution in [3.63, 3.8) is 0 Å². The largest absolute Gasteiger partial charge is 0.466 e. The van der Waals surface area contributed by atoms with Gasteiger partial charge in [0.05, 0.1) is 44.7 Å². The molecule has 1 aromatic carbocycles. The zero-order valence-electron chi connectivity index (χ0n) is 15.0. The molecule has 146 valence electrons. The van der Waals surface area contributed by atoms with Gasteiger partial charge in [-0.25, -0.2) is 9.18 Å². The molecule has 0 radical (unpaired) electrons. The second-order valence-electron chi connectivity index (χ2n) is 6.19. The Morgan fingerprint density at radius 3 is 2.74 bits per heavy atom. The van der Waals surface area contributed by atoms with Crippen LogP contribution >= 0.6 is 0 Å². The Labute approximate surface area is 156 Å². The van der Waals surface area contributed by atoms with Crippen molar-refractivity contribution in [1.82, 2.24) is 4.90 Å². The van der Waals surface area contributed by atoms with E-state index in [-0.39, 0.29) is 31.0 Å². The molecule has 9 heteroatoms. The molecular formula is C18H22FN3O5. The van der Waals surface area contributed by atoms with Crippen LogP contribution in [0.2, 0.25) is 0 Å². The Bertz CT molecular complexity index is 761. The third kappa shape index (κ3) is 4.04. The zero-order valence-corrected chi connectivity index (χ0v) is 15.0. The van der Waals surface area contributed by atoms with E-state index >= 15 is 0 Å². The topological polar surface area (TPSA) is 91.3 Å². The number of ether oxygens (including phenoxy) is 2. The van der Waals surface area contributed by atoms with E-state index in [1.54, 1.807) is 12.1 Å². The van der Waals surface area contributed by atoms with Crippen molar-refractivity contribution in [2.45, 2.75) is 0 Å². The first kappa shape index (κ1) is 19.1. The van der Waals surface area contributed by atoms with Crippen molar-refractivity contribution in [1.29, 1.82) is 0 Å². The molecule has 0 spiro atoms. The molecule has 2 aliphatic rings. The summed E-state index contributed by atoms with van der Waals surface area (Å²) >= 11 is 0. The fourth-order valence-electron chi connectivity index (χ4n) is 3.14. The summed E-state index contributed by atoms with van der Waals surface area (Å²) in [6.07, 6.45) is 0. The minimum absolute atomic E-state index is 0.0305. The predicted molar refractivity (Wildman–Crippen MR) is 95.8 cm³/mol. The third-order valence-electron chi connectivity index (χ3n) is 4.52. The summed E-state index contributed by atoms with van der Waals surface area (Å²) in [4.78, 5) is 27.7. The summed E-state index contributed by atoms with van der Waals surface area (Å²) in [5.74, 6) is -1.52. The third-order valence-corrected chi connectivity index (χ3v) is 4.52. The molecule has 8 nitrogen and oxygen atoms in total. The van der Waals surface area contributed by atoms with Gasteiger partial charge in [-0.1, -0.05) is 0 Å². The van der Waals surface area contributed by atoms with Crippen LogP contribution in [-0.2, 0) is 19.1 Å². The summed E-state index contributed by atoms with van der Waals surface area (Å²) in [5.41, 5.74) is 0.994. The van der Waals surface area contributed by atoms with Crippen LogP contribution in [0.15, 0.2) is 29.5 Å². The highest BCUT2D eigenvalue weighted by Crippen LogP contribution is 2.27. The number of hydrogen-bond donors (Lipinski definition) is 2. The molecule has 0 aliphatic carbocycles. The maximum atomic E-state index is 14.6. The molecule has 3 rings (SSSR count). The van der Waals surface area contributed by atoms with Crippen LogP contribution in [-0.4, -0.2) is 75.0 Å². The Morgan fingerprint density at radius 2 is 2.11 bits per heavy atom. The number of aliphatic hydroxyl groups is 1. The number of esters is 1. The van der Waals surface area contributed by atoms with Gasteiger partial charge >= 0.3 is 5.97 Å². The first-order chi connectivity index (χ1) is 13.0.